The average Bonchev–Trinajstić information content (AvgIpc) is 2.67. The second-order valence-corrected chi connectivity index (χ2v) is 4.18. The zero-order chi connectivity index (χ0) is 13.3. The van der Waals surface area contributed by atoms with Gasteiger partial charge in [0.25, 0.3) is 0 Å². The van der Waals surface area contributed by atoms with Crippen LogP contribution in [0.3, 0.4) is 0 Å². The number of ether oxygens (including phenoxy) is 1. The Bertz CT molecular complexity index is 602. The van der Waals surface area contributed by atoms with Crippen molar-refractivity contribution in [3.05, 3.63) is 35.4 Å². The van der Waals surface area contributed by atoms with Crippen LogP contribution in [-0.2, 0) is 11.8 Å². The smallest absolute Gasteiger partial charge is 0.356 e. The number of carbonyl (C=O) groups is 1. The van der Waals surface area contributed by atoms with Crippen molar-refractivity contribution in [1.82, 2.24) is 14.8 Å². The van der Waals surface area contributed by atoms with E-state index < -0.39 is 5.97 Å². The average molecular weight is 245 g/mol. The number of hydrogen-bond acceptors (Lipinski definition) is 4. The highest BCUT2D eigenvalue weighted by molar-refractivity contribution is 5.89. The molecule has 0 saturated carbocycles. The SMILES string of the molecule is COC(=O)c1ncc(-c2cn(C)nc2C)cc1C. The highest BCUT2D eigenvalue weighted by Gasteiger charge is 2.13. The summed E-state index contributed by atoms with van der Waals surface area (Å²) >= 11 is 0. The zero-order valence-corrected chi connectivity index (χ0v) is 10.9. The third-order valence-corrected chi connectivity index (χ3v) is 2.78. The number of rotatable bonds is 2. The van der Waals surface area contributed by atoms with Gasteiger partial charge in [0.1, 0.15) is 0 Å². The number of methoxy groups -OCH3 is 1. The molecule has 94 valence electrons. The van der Waals surface area contributed by atoms with E-state index in [2.05, 4.69) is 14.8 Å². The Morgan fingerprint density at radius 2 is 2.11 bits per heavy atom. The number of nitrogens with zero attached hydrogens (tertiary/aromatic N) is 3. The number of pyridine rings is 1. The number of esters is 1. The maximum absolute atomic E-state index is 11.5. The van der Waals surface area contributed by atoms with Crippen LogP contribution in [0.2, 0.25) is 0 Å². The minimum Gasteiger partial charge on any atom is -0.464 e. The van der Waals surface area contributed by atoms with Gasteiger partial charge in [0.05, 0.1) is 12.8 Å². The molecule has 0 radical (unpaired) electrons. The van der Waals surface area contributed by atoms with Crippen molar-refractivity contribution >= 4 is 5.97 Å². The first-order chi connectivity index (χ1) is 8.52. The Morgan fingerprint density at radius 1 is 1.39 bits per heavy atom. The topological polar surface area (TPSA) is 57.0 Å². The first kappa shape index (κ1) is 12.3. The minimum absolute atomic E-state index is 0.350. The van der Waals surface area contributed by atoms with Crippen molar-refractivity contribution < 1.29 is 9.53 Å². The summed E-state index contributed by atoms with van der Waals surface area (Å²) in [5.41, 5.74) is 4.05. The molecule has 2 aromatic heterocycles. The number of aromatic nitrogens is 3. The fourth-order valence-electron chi connectivity index (χ4n) is 1.92. The van der Waals surface area contributed by atoms with Gasteiger partial charge in [-0.1, -0.05) is 0 Å². The number of carbonyl (C=O) groups excluding carboxylic acids is 1. The standard InChI is InChI=1S/C13H15N3O2/c1-8-5-10(6-14-12(8)13(17)18-4)11-7-16(3)15-9(11)2/h5-7H,1-4H3. The van der Waals surface area contributed by atoms with E-state index in [9.17, 15) is 4.79 Å². The van der Waals surface area contributed by atoms with Crippen molar-refractivity contribution in [2.45, 2.75) is 13.8 Å². The largest absolute Gasteiger partial charge is 0.464 e. The molecular weight excluding hydrogens is 230 g/mol. The van der Waals surface area contributed by atoms with Crippen LogP contribution in [0.15, 0.2) is 18.5 Å². The van der Waals surface area contributed by atoms with E-state index in [0.717, 1.165) is 22.4 Å². The van der Waals surface area contributed by atoms with Gasteiger partial charge < -0.3 is 4.74 Å². The molecule has 0 aliphatic heterocycles. The van der Waals surface area contributed by atoms with Crippen molar-refractivity contribution in [3.8, 4) is 11.1 Å². The van der Waals surface area contributed by atoms with E-state index in [1.54, 1.807) is 10.9 Å². The van der Waals surface area contributed by atoms with Gasteiger partial charge in [-0.15, -0.1) is 0 Å². The quantitative estimate of drug-likeness (QED) is 0.758. The molecule has 2 heterocycles. The van der Waals surface area contributed by atoms with Crippen LogP contribution in [-0.4, -0.2) is 27.8 Å². The molecule has 0 N–H and O–H groups in total. The van der Waals surface area contributed by atoms with Gasteiger partial charge >= 0.3 is 5.97 Å². The van der Waals surface area contributed by atoms with Crippen molar-refractivity contribution in [1.29, 1.82) is 0 Å². The van der Waals surface area contributed by atoms with Gasteiger partial charge in [-0.05, 0) is 25.5 Å². The monoisotopic (exact) mass is 245 g/mol. The Morgan fingerprint density at radius 3 is 2.61 bits per heavy atom. The summed E-state index contributed by atoms with van der Waals surface area (Å²) < 4.78 is 6.43. The fraction of sp³-hybridized carbons (Fsp3) is 0.308. The summed E-state index contributed by atoms with van der Waals surface area (Å²) in [7, 11) is 3.22. The van der Waals surface area contributed by atoms with E-state index >= 15 is 0 Å². The molecule has 0 fully saturated rings. The molecule has 5 nitrogen and oxygen atoms in total. The second-order valence-electron chi connectivity index (χ2n) is 4.18. The molecule has 0 aliphatic rings. The molecular formula is C13H15N3O2. The summed E-state index contributed by atoms with van der Waals surface area (Å²) in [6.45, 7) is 3.79. The van der Waals surface area contributed by atoms with Gasteiger partial charge in [-0.25, -0.2) is 9.78 Å². The van der Waals surface area contributed by atoms with E-state index in [1.165, 1.54) is 7.11 Å². The summed E-state index contributed by atoms with van der Waals surface area (Å²) in [4.78, 5) is 15.6. The predicted octanol–water partition coefficient (Wildman–Crippen LogP) is 1.89. The van der Waals surface area contributed by atoms with Gasteiger partial charge in [-0.2, -0.15) is 5.10 Å². The van der Waals surface area contributed by atoms with Crippen molar-refractivity contribution in [3.63, 3.8) is 0 Å². The number of hydrogen-bond donors (Lipinski definition) is 0. The molecule has 18 heavy (non-hydrogen) atoms. The maximum Gasteiger partial charge on any atom is 0.356 e. The van der Waals surface area contributed by atoms with Gasteiger partial charge in [0.15, 0.2) is 5.69 Å². The molecule has 0 spiro atoms. The summed E-state index contributed by atoms with van der Waals surface area (Å²) in [5, 5.41) is 4.29. The summed E-state index contributed by atoms with van der Waals surface area (Å²) in [5.74, 6) is -0.415. The van der Waals surface area contributed by atoms with Gasteiger partial charge in [0.2, 0.25) is 0 Å². The molecule has 0 saturated heterocycles. The summed E-state index contributed by atoms with van der Waals surface area (Å²) in [6.07, 6.45) is 3.60. The lowest BCUT2D eigenvalue weighted by Crippen LogP contribution is -2.06. The fourth-order valence-corrected chi connectivity index (χ4v) is 1.92. The zero-order valence-electron chi connectivity index (χ0n) is 10.9. The van der Waals surface area contributed by atoms with E-state index in [-0.39, 0.29) is 0 Å². The van der Waals surface area contributed by atoms with Crippen LogP contribution in [0, 0.1) is 13.8 Å². The molecule has 5 heteroatoms. The normalized spacial score (nSPS) is 10.4. The Labute approximate surface area is 105 Å². The second kappa shape index (κ2) is 4.60. The van der Waals surface area contributed by atoms with Crippen molar-refractivity contribution in [2.75, 3.05) is 7.11 Å². The molecule has 2 aromatic rings. The molecule has 2 rings (SSSR count). The third-order valence-electron chi connectivity index (χ3n) is 2.78. The molecule has 0 aromatic carbocycles. The van der Waals surface area contributed by atoms with Crippen LogP contribution in [0.1, 0.15) is 21.7 Å². The van der Waals surface area contributed by atoms with E-state index in [0.29, 0.717) is 5.69 Å². The Hall–Kier alpha value is -2.17. The van der Waals surface area contributed by atoms with Crippen LogP contribution >= 0.6 is 0 Å². The number of aryl methyl sites for hydroxylation is 3. The minimum atomic E-state index is -0.415. The van der Waals surface area contributed by atoms with Crippen LogP contribution in [0.4, 0.5) is 0 Å². The predicted molar refractivity (Wildman–Crippen MR) is 67.3 cm³/mol. The first-order valence-corrected chi connectivity index (χ1v) is 5.58. The van der Waals surface area contributed by atoms with E-state index in [4.69, 9.17) is 0 Å². The van der Waals surface area contributed by atoms with Crippen LogP contribution in [0.25, 0.3) is 11.1 Å². The lowest BCUT2D eigenvalue weighted by molar-refractivity contribution is 0.0593. The maximum atomic E-state index is 11.5. The van der Waals surface area contributed by atoms with Crippen molar-refractivity contribution in [2.24, 2.45) is 7.05 Å². The first-order valence-electron chi connectivity index (χ1n) is 5.58. The highest BCUT2D eigenvalue weighted by atomic mass is 16.5. The molecule has 0 amide bonds. The lowest BCUT2D eigenvalue weighted by Gasteiger charge is -2.05. The molecule has 0 bridgehead atoms. The van der Waals surface area contributed by atoms with Crippen LogP contribution < -0.4 is 0 Å². The Kier molecular flexibility index (Phi) is 3.14. The van der Waals surface area contributed by atoms with Gasteiger partial charge in [-0.3, -0.25) is 4.68 Å². The summed E-state index contributed by atoms with van der Waals surface area (Å²) in [6, 6.07) is 1.92. The molecule has 0 aliphatic carbocycles. The third kappa shape index (κ3) is 2.11. The molecule has 0 unspecified atom stereocenters. The molecule has 0 atom stereocenters. The van der Waals surface area contributed by atoms with Crippen LogP contribution in [0.5, 0.6) is 0 Å². The van der Waals surface area contributed by atoms with Gasteiger partial charge in [0, 0.05) is 30.6 Å². The Balaban J connectivity index is 2.46. The van der Waals surface area contributed by atoms with E-state index in [1.807, 2.05) is 33.2 Å². The highest BCUT2D eigenvalue weighted by Crippen LogP contribution is 2.23. The lowest BCUT2D eigenvalue weighted by atomic mass is 10.1.